The molecule has 23 heavy (non-hydrogen) atoms. The Labute approximate surface area is 139 Å². The highest BCUT2D eigenvalue weighted by molar-refractivity contribution is 5.98. The van der Waals surface area contributed by atoms with Gasteiger partial charge in [-0.1, -0.05) is 5.16 Å². The highest BCUT2D eigenvalue weighted by Gasteiger charge is 2.27. The molecule has 1 aromatic heterocycles. The second-order valence-electron chi connectivity index (χ2n) is 6.97. The third kappa shape index (κ3) is 5.92. The van der Waals surface area contributed by atoms with E-state index >= 15 is 0 Å². The van der Waals surface area contributed by atoms with Gasteiger partial charge in [0.1, 0.15) is 6.61 Å². The zero-order valence-corrected chi connectivity index (χ0v) is 14.8. The maximum atomic E-state index is 5.90. The van der Waals surface area contributed by atoms with Crippen LogP contribution in [0.25, 0.3) is 0 Å². The number of pyridine rings is 1. The van der Waals surface area contributed by atoms with Gasteiger partial charge in [0.05, 0.1) is 18.4 Å². The lowest BCUT2D eigenvalue weighted by Crippen LogP contribution is -2.47. The van der Waals surface area contributed by atoms with Gasteiger partial charge in [-0.05, 0) is 52.7 Å². The topological polar surface area (TPSA) is 47.0 Å². The minimum absolute atomic E-state index is 0.257. The molecule has 2 rings (SSSR count). The van der Waals surface area contributed by atoms with Crippen molar-refractivity contribution >= 4 is 5.71 Å². The monoisotopic (exact) mass is 319 g/mol. The number of ether oxygens (including phenoxy) is 1. The van der Waals surface area contributed by atoms with Crippen molar-refractivity contribution in [2.45, 2.75) is 52.2 Å². The predicted octanol–water partition coefficient (Wildman–Crippen LogP) is 3.10. The van der Waals surface area contributed by atoms with Crippen molar-refractivity contribution < 1.29 is 9.57 Å². The fourth-order valence-corrected chi connectivity index (χ4v) is 2.73. The number of oxime groups is 1. The standard InChI is InChI=1S/C18H29N3O2/c1-15(16-5-9-19-10-6-16)20-23-14-13-22-17-7-11-21(12-8-17)18(2,3)4/h5-6,9-10,17H,7-8,11-14H2,1-4H3. The van der Waals surface area contributed by atoms with Crippen LogP contribution in [0, 0.1) is 0 Å². The predicted molar refractivity (Wildman–Crippen MR) is 92.7 cm³/mol. The Hall–Kier alpha value is -1.46. The second-order valence-corrected chi connectivity index (χ2v) is 6.97. The molecule has 5 nitrogen and oxygen atoms in total. The SMILES string of the molecule is CC(=NOCCOC1CCN(C(C)(C)C)CC1)c1ccncc1. The number of rotatable bonds is 6. The minimum Gasteiger partial charge on any atom is -0.393 e. The zero-order valence-electron chi connectivity index (χ0n) is 14.8. The van der Waals surface area contributed by atoms with Crippen LogP contribution in [0.2, 0.25) is 0 Å². The summed E-state index contributed by atoms with van der Waals surface area (Å²) in [6, 6.07) is 3.84. The Morgan fingerprint density at radius 3 is 2.48 bits per heavy atom. The van der Waals surface area contributed by atoms with Crippen molar-refractivity contribution in [2.24, 2.45) is 5.16 Å². The molecule has 1 aromatic rings. The van der Waals surface area contributed by atoms with Crippen LogP contribution in [-0.4, -0.2) is 53.5 Å². The molecule has 5 heteroatoms. The van der Waals surface area contributed by atoms with Gasteiger partial charge in [0.25, 0.3) is 0 Å². The van der Waals surface area contributed by atoms with Gasteiger partial charge in [-0.2, -0.15) is 0 Å². The average Bonchev–Trinajstić information content (AvgIpc) is 2.55. The largest absolute Gasteiger partial charge is 0.393 e. The molecule has 0 amide bonds. The number of aromatic nitrogens is 1. The van der Waals surface area contributed by atoms with Gasteiger partial charge in [0, 0.05) is 36.6 Å². The minimum atomic E-state index is 0.257. The number of likely N-dealkylation sites (tertiary alicyclic amines) is 1. The molecule has 0 bridgehead atoms. The van der Waals surface area contributed by atoms with E-state index in [9.17, 15) is 0 Å². The molecular weight excluding hydrogens is 290 g/mol. The fraction of sp³-hybridized carbons (Fsp3) is 0.667. The van der Waals surface area contributed by atoms with E-state index in [0.717, 1.165) is 37.2 Å². The third-order valence-electron chi connectivity index (χ3n) is 4.22. The molecular formula is C18H29N3O2. The first-order valence-electron chi connectivity index (χ1n) is 8.40. The molecule has 0 N–H and O–H groups in total. The Kier molecular flexibility index (Phi) is 6.54. The molecule has 2 heterocycles. The fourth-order valence-electron chi connectivity index (χ4n) is 2.73. The average molecular weight is 319 g/mol. The molecule has 0 atom stereocenters. The molecule has 0 radical (unpaired) electrons. The molecule has 0 unspecified atom stereocenters. The summed E-state index contributed by atoms with van der Waals surface area (Å²) in [6.45, 7) is 12.0. The molecule has 1 saturated heterocycles. The zero-order chi connectivity index (χ0) is 16.7. The van der Waals surface area contributed by atoms with Crippen molar-refractivity contribution in [3.8, 4) is 0 Å². The lowest BCUT2D eigenvalue weighted by atomic mass is 9.99. The third-order valence-corrected chi connectivity index (χ3v) is 4.22. The van der Waals surface area contributed by atoms with Crippen molar-refractivity contribution in [1.82, 2.24) is 9.88 Å². The highest BCUT2D eigenvalue weighted by Crippen LogP contribution is 2.21. The first-order valence-corrected chi connectivity index (χ1v) is 8.40. The van der Waals surface area contributed by atoms with E-state index in [0.29, 0.717) is 19.3 Å². The van der Waals surface area contributed by atoms with Crippen LogP contribution in [0.15, 0.2) is 29.7 Å². The van der Waals surface area contributed by atoms with E-state index < -0.39 is 0 Å². The molecule has 0 aromatic carbocycles. The van der Waals surface area contributed by atoms with Crippen LogP contribution in [0.1, 0.15) is 46.1 Å². The summed E-state index contributed by atoms with van der Waals surface area (Å²) in [7, 11) is 0. The lowest BCUT2D eigenvalue weighted by molar-refractivity contribution is -0.0342. The Bertz CT molecular complexity index is 489. The van der Waals surface area contributed by atoms with Crippen LogP contribution in [0.4, 0.5) is 0 Å². The van der Waals surface area contributed by atoms with Crippen molar-refractivity contribution in [3.05, 3.63) is 30.1 Å². The van der Waals surface area contributed by atoms with E-state index in [2.05, 4.69) is 35.8 Å². The summed E-state index contributed by atoms with van der Waals surface area (Å²) in [5.41, 5.74) is 2.13. The Balaban J connectivity index is 1.61. The molecule has 1 aliphatic heterocycles. The van der Waals surface area contributed by atoms with Crippen LogP contribution in [0.3, 0.4) is 0 Å². The molecule has 0 saturated carbocycles. The highest BCUT2D eigenvalue weighted by atomic mass is 16.6. The van der Waals surface area contributed by atoms with Gasteiger partial charge in [0.2, 0.25) is 0 Å². The van der Waals surface area contributed by atoms with Gasteiger partial charge in [0.15, 0.2) is 0 Å². The first-order chi connectivity index (χ1) is 11.0. The maximum Gasteiger partial charge on any atom is 0.140 e. The lowest BCUT2D eigenvalue weighted by Gasteiger charge is -2.40. The quantitative estimate of drug-likeness (QED) is 0.459. The smallest absolute Gasteiger partial charge is 0.140 e. The summed E-state index contributed by atoms with van der Waals surface area (Å²) in [6.07, 6.45) is 6.04. The van der Waals surface area contributed by atoms with Crippen LogP contribution >= 0.6 is 0 Å². The molecule has 0 aliphatic carbocycles. The maximum absolute atomic E-state index is 5.90. The van der Waals surface area contributed by atoms with E-state index in [1.165, 1.54) is 0 Å². The first kappa shape index (κ1) is 17.9. The number of piperidine rings is 1. The second kappa shape index (κ2) is 8.41. The Morgan fingerprint density at radius 1 is 1.22 bits per heavy atom. The molecule has 0 spiro atoms. The number of nitrogens with zero attached hydrogens (tertiary/aromatic N) is 3. The summed E-state index contributed by atoms with van der Waals surface area (Å²) >= 11 is 0. The Morgan fingerprint density at radius 2 is 1.87 bits per heavy atom. The van der Waals surface area contributed by atoms with Crippen LogP contribution in [-0.2, 0) is 9.57 Å². The van der Waals surface area contributed by atoms with E-state index in [1.807, 2.05) is 19.1 Å². The van der Waals surface area contributed by atoms with Gasteiger partial charge in [-0.3, -0.25) is 9.88 Å². The van der Waals surface area contributed by atoms with Gasteiger partial charge < -0.3 is 9.57 Å². The van der Waals surface area contributed by atoms with Crippen molar-refractivity contribution in [3.63, 3.8) is 0 Å². The van der Waals surface area contributed by atoms with Gasteiger partial charge in [-0.25, -0.2) is 0 Å². The number of hydrogen-bond acceptors (Lipinski definition) is 5. The van der Waals surface area contributed by atoms with E-state index in [-0.39, 0.29) is 5.54 Å². The molecule has 128 valence electrons. The molecule has 1 fully saturated rings. The summed E-state index contributed by atoms with van der Waals surface area (Å²) in [4.78, 5) is 11.9. The van der Waals surface area contributed by atoms with Crippen molar-refractivity contribution in [1.29, 1.82) is 0 Å². The molecule has 1 aliphatic rings. The van der Waals surface area contributed by atoms with Crippen LogP contribution < -0.4 is 0 Å². The van der Waals surface area contributed by atoms with E-state index in [4.69, 9.17) is 9.57 Å². The van der Waals surface area contributed by atoms with Crippen LogP contribution in [0.5, 0.6) is 0 Å². The van der Waals surface area contributed by atoms with Gasteiger partial charge >= 0.3 is 0 Å². The van der Waals surface area contributed by atoms with Crippen molar-refractivity contribution in [2.75, 3.05) is 26.3 Å². The summed E-state index contributed by atoms with van der Waals surface area (Å²) in [5.74, 6) is 0. The summed E-state index contributed by atoms with van der Waals surface area (Å²) in [5, 5.41) is 4.12. The number of hydrogen-bond donors (Lipinski definition) is 0. The van der Waals surface area contributed by atoms with Gasteiger partial charge in [-0.15, -0.1) is 0 Å². The normalized spacial score (nSPS) is 18.2. The van der Waals surface area contributed by atoms with E-state index in [1.54, 1.807) is 12.4 Å². The summed E-state index contributed by atoms with van der Waals surface area (Å²) < 4.78 is 5.90.